The number of benzene rings is 1. The Hall–Kier alpha value is -3.72. The number of hydrogen-bond acceptors (Lipinski definition) is 5. The van der Waals surface area contributed by atoms with E-state index in [1.54, 1.807) is 48.6 Å². The summed E-state index contributed by atoms with van der Waals surface area (Å²) in [6.07, 6.45) is 7.81. The molecule has 0 aliphatic heterocycles. The first-order chi connectivity index (χ1) is 16.5. The fourth-order valence-electron chi connectivity index (χ4n) is 4.39. The zero-order valence-corrected chi connectivity index (χ0v) is 18.8. The summed E-state index contributed by atoms with van der Waals surface area (Å²) < 4.78 is 38.9. The van der Waals surface area contributed by atoms with E-state index in [9.17, 15) is 4.39 Å². The molecule has 1 saturated carbocycles. The van der Waals surface area contributed by atoms with Crippen LogP contribution in [0.5, 0.6) is 0 Å². The lowest BCUT2D eigenvalue weighted by Gasteiger charge is -2.13. The molecule has 1 aromatic carbocycles. The molecule has 1 aliphatic carbocycles. The highest BCUT2D eigenvalue weighted by Crippen LogP contribution is 2.49. The Morgan fingerprint density at radius 3 is 2.74 bits per heavy atom. The van der Waals surface area contributed by atoms with Crippen LogP contribution in [0.25, 0.3) is 39.1 Å². The van der Waals surface area contributed by atoms with Gasteiger partial charge in [-0.25, -0.2) is 18.7 Å². The maximum Gasteiger partial charge on any atom is 0.183 e. The third-order valence-corrected chi connectivity index (χ3v) is 6.44. The Bertz CT molecular complexity index is 1550. The molecule has 6 rings (SSSR count). The number of imidazole rings is 2. The van der Waals surface area contributed by atoms with Crippen LogP contribution in [0.2, 0.25) is 0 Å². The maximum absolute atomic E-state index is 15.2. The molecule has 5 aromatic rings. The van der Waals surface area contributed by atoms with Gasteiger partial charge >= 0.3 is 0 Å². The van der Waals surface area contributed by atoms with E-state index < -0.39 is 5.67 Å². The second kappa shape index (κ2) is 7.66. The second-order valence-corrected chi connectivity index (χ2v) is 8.66. The van der Waals surface area contributed by atoms with Crippen LogP contribution < -0.4 is 0 Å². The molecule has 0 unspecified atom stereocenters. The molecule has 34 heavy (non-hydrogen) atoms. The lowest BCUT2D eigenvalue weighted by Crippen LogP contribution is -1.99. The lowest BCUT2D eigenvalue weighted by atomic mass is 9.97. The van der Waals surface area contributed by atoms with Gasteiger partial charge in [0, 0.05) is 42.7 Å². The third-order valence-electron chi connectivity index (χ3n) is 6.44. The molecule has 0 atom stereocenters. The van der Waals surface area contributed by atoms with E-state index in [1.807, 2.05) is 17.6 Å². The summed E-state index contributed by atoms with van der Waals surface area (Å²) in [5, 5.41) is 8.36. The van der Waals surface area contributed by atoms with Crippen LogP contribution in [-0.2, 0) is 23.6 Å². The van der Waals surface area contributed by atoms with E-state index in [0.717, 1.165) is 23.2 Å². The van der Waals surface area contributed by atoms with Crippen molar-refractivity contribution in [2.75, 3.05) is 7.11 Å². The maximum atomic E-state index is 15.2. The van der Waals surface area contributed by atoms with Crippen LogP contribution in [0.3, 0.4) is 0 Å². The van der Waals surface area contributed by atoms with E-state index in [-0.39, 0.29) is 12.4 Å². The average molecular weight is 460 g/mol. The first-order valence-corrected chi connectivity index (χ1v) is 11.2. The minimum absolute atomic E-state index is 0.264. The molecule has 4 heterocycles. The van der Waals surface area contributed by atoms with Crippen molar-refractivity contribution in [3.05, 3.63) is 66.3 Å². The van der Waals surface area contributed by atoms with Gasteiger partial charge in [0.05, 0.1) is 24.8 Å². The number of nitrogens with zero attached hydrogens (tertiary/aromatic N) is 6. The normalized spacial score (nSPS) is 14.8. The number of hydrogen-bond donors (Lipinski definition) is 0. The molecule has 4 aromatic heterocycles. The summed E-state index contributed by atoms with van der Waals surface area (Å²) in [5.74, 6) is -0.373. The van der Waals surface area contributed by atoms with Crippen LogP contribution in [0.4, 0.5) is 8.78 Å². The van der Waals surface area contributed by atoms with Crippen molar-refractivity contribution in [3.8, 4) is 22.3 Å². The van der Waals surface area contributed by atoms with E-state index in [4.69, 9.17) is 4.74 Å². The van der Waals surface area contributed by atoms with Gasteiger partial charge in [0.1, 0.15) is 17.0 Å². The molecule has 0 amide bonds. The number of alkyl halides is 1. The Kier molecular flexibility index (Phi) is 4.70. The zero-order chi connectivity index (χ0) is 23.4. The number of methoxy groups -OCH3 is 1. The molecule has 0 N–H and O–H groups in total. The standard InChI is InChI=1S/C25H22F2N6O/c1-3-32-14-28-23-18(10-29-31-24(23)32)15-4-5-20(26)17(8-15)19-11-33-12-21(25(27)6-7-25)30-22(33)9-16(19)13-34-2/h4-5,8-12,14H,3,6-7,13H2,1-2H3. The fourth-order valence-corrected chi connectivity index (χ4v) is 4.39. The quantitative estimate of drug-likeness (QED) is 0.354. The summed E-state index contributed by atoms with van der Waals surface area (Å²) in [6.45, 7) is 2.99. The van der Waals surface area contributed by atoms with Crippen molar-refractivity contribution in [1.29, 1.82) is 0 Å². The lowest BCUT2D eigenvalue weighted by molar-refractivity contribution is 0.185. The third kappa shape index (κ3) is 3.27. The summed E-state index contributed by atoms with van der Waals surface area (Å²) >= 11 is 0. The van der Waals surface area contributed by atoms with Gasteiger partial charge in [-0.05, 0) is 49.1 Å². The molecule has 0 spiro atoms. The van der Waals surface area contributed by atoms with E-state index in [2.05, 4.69) is 20.2 Å². The molecule has 1 fully saturated rings. The molecular formula is C25H22F2N6O. The summed E-state index contributed by atoms with van der Waals surface area (Å²) in [4.78, 5) is 8.98. The van der Waals surface area contributed by atoms with Crippen LogP contribution in [0.1, 0.15) is 31.0 Å². The molecule has 0 saturated heterocycles. The van der Waals surface area contributed by atoms with E-state index >= 15 is 4.39 Å². The van der Waals surface area contributed by atoms with Crippen molar-refractivity contribution in [3.63, 3.8) is 0 Å². The Balaban J connectivity index is 1.52. The van der Waals surface area contributed by atoms with E-state index in [0.29, 0.717) is 46.5 Å². The number of aromatic nitrogens is 6. The highest BCUT2D eigenvalue weighted by Gasteiger charge is 2.47. The highest BCUT2D eigenvalue weighted by molar-refractivity contribution is 5.90. The minimum Gasteiger partial charge on any atom is -0.380 e. The van der Waals surface area contributed by atoms with Gasteiger partial charge < -0.3 is 13.7 Å². The predicted octanol–water partition coefficient (Wildman–Crippen LogP) is 5.07. The predicted molar refractivity (Wildman–Crippen MR) is 123 cm³/mol. The van der Waals surface area contributed by atoms with Gasteiger partial charge in [0.25, 0.3) is 0 Å². The van der Waals surface area contributed by atoms with Gasteiger partial charge in [-0.1, -0.05) is 6.07 Å². The first-order valence-electron chi connectivity index (χ1n) is 11.2. The number of ether oxygens (including phenoxy) is 1. The van der Waals surface area contributed by atoms with Crippen molar-refractivity contribution < 1.29 is 13.5 Å². The zero-order valence-electron chi connectivity index (χ0n) is 18.8. The Morgan fingerprint density at radius 2 is 1.97 bits per heavy atom. The minimum atomic E-state index is -1.35. The molecule has 0 radical (unpaired) electrons. The van der Waals surface area contributed by atoms with Gasteiger partial charge in [-0.3, -0.25) is 0 Å². The van der Waals surface area contributed by atoms with Gasteiger partial charge in [-0.15, -0.1) is 5.10 Å². The largest absolute Gasteiger partial charge is 0.380 e. The van der Waals surface area contributed by atoms with Gasteiger partial charge in [0.15, 0.2) is 11.3 Å². The molecule has 9 heteroatoms. The van der Waals surface area contributed by atoms with Gasteiger partial charge in [0.2, 0.25) is 0 Å². The molecular weight excluding hydrogens is 438 g/mol. The van der Waals surface area contributed by atoms with Crippen LogP contribution in [0, 0.1) is 5.82 Å². The molecule has 7 nitrogen and oxygen atoms in total. The fraction of sp³-hybridized carbons (Fsp3) is 0.280. The monoisotopic (exact) mass is 460 g/mol. The summed E-state index contributed by atoms with van der Waals surface area (Å²) in [7, 11) is 1.59. The van der Waals surface area contributed by atoms with Crippen molar-refractivity contribution in [1.82, 2.24) is 29.1 Å². The highest BCUT2D eigenvalue weighted by atomic mass is 19.1. The van der Waals surface area contributed by atoms with Gasteiger partial charge in [-0.2, -0.15) is 5.10 Å². The Labute approximate surface area is 194 Å². The molecule has 0 bridgehead atoms. The first kappa shape index (κ1) is 20.9. The van der Waals surface area contributed by atoms with Crippen molar-refractivity contribution >= 4 is 16.8 Å². The van der Waals surface area contributed by atoms with Crippen molar-refractivity contribution in [2.24, 2.45) is 0 Å². The number of halogens is 2. The second-order valence-electron chi connectivity index (χ2n) is 8.66. The van der Waals surface area contributed by atoms with Crippen molar-refractivity contribution in [2.45, 2.75) is 38.6 Å². The average Bonchev–Trinajstić information content (AvgIpc) is 3.26. The number of fused-ring (bicyclic) bond motifs is 2. The van der Waals surface area contributed by atoms with Crippen LogP contribution in [0.15, 0.2) is 49.2 Å². The van der Waals surface area contributed by atoms with Crippen LogP contribution >= 0.6 is 0 Å². The topological polar surface area (TPSA) is 70.1 Å². The smallest absolute Gasteiger partial charge is 0.183 e. The summed E-state index contributed by atoms with van der Waals surface area (Å²) in [5.41, 5.74) is 4.43. The number of pyridine rings is 1. The molecule has 172 valence electrons. The molecule has 1 aliphatic rings. The Morgan fingerprint density at radius 1 is 1.12 bits per heavy atom. The summed E-state index contributed by atoms with van der Waals surface area (Å²) in [6, 6.07) is 6.76. The number of rotatable bonds is 6. The van der Waals surface area contributed by atoms with Crippen LogP contribution in [-0.4, -0.2) is 36.2 Å². The number of aryl methyl sites for hydroxylation is 1. The van der Waals surface area contributed by atoms with E-state index in [1.165, 1.54) is 6.07 Å². The SMILES string of the molecule is CCn1cnc2c(-c3ccc(F)c(-c4cn5cc(C6(F)CC6)nc5cc4COC)c3)cnnc21.